The van der Waals surface area contributed by atoms with E-state index in [1.807, 2.05) is 6.92 Å². The molecule has 0 fully saturated rings. The van der Waals surface area contributed by atoms with Gasteiger partial charge < -0.3 is 5.73 Å². The molecule has 102 valence electrons. The van der Waals surface area contributed by atoms with Crippen LogP contribution in [0.4, 0.5) is 4.79 Å². The SMILES string of the molecule is C/C(CCc1ccc2c(c1)CCCC2)=N/NC(N)=O. The van der Waals surface area contributed by atoms with Gasteiger partial charge in [0, 0.05) is 5.71 Å². The Bertz CT molecular complexity index is 494. The number of carbonyl (C=O) groups is 1. The van der Waals surface area contributed by atoms with Crippen LogP contribution < -0.4 is 11.2 Å². The molecule has 2 amide bonds. The molecule has 0 spiro atoms. The van der Waals surface area contributed by atoms with Crippen LogP contribution in [0.25, 0.3) is 0 Å². The summed E-state index contributed by atoms with van der Waals surface area (Å²) in [6.07, 6.45) is 6.83. The van der Waals surface area contributed by atoms with E-state index in [4.69, 9.17) is 5.73 Å². The first kappa shape index (κ1) is 13.6. The van der Waals surface area contributed by atoms with E-state index in [9.17, 15) is 4.79 Å². The van der Waals surface area contributed by atoms with Gasteiger partial charge in [0.2, 0.25) is 0 Å². The second-order valence-electron chi connectivity index (χ2n) is 5.13. The molecule has 0 radical (unpaired) electrons. The zero-order chi connectivity index (χ0) is 13.7. The summed E-state index contributed by atoms with van der Waals surface area (Å²) in [4.78, 5) is 10.5. The molecular formula is C15H21N3O. The van der Waals surface area contributed by atoms with Crippen LogP contribution in [0.15, 0.2) is 23.3 Å². The fourth-order valence-corrected chi connectivity index (χ4v) is 2.47. The Labute approximate surface area is 114 Å². The van der Waals surface area contributed by atoms with Crippen molar-refractivity contribution in [2.75, 3.05) is 0 Å². The van der Waals surface area contributed by atoms with Crippen molar-refractivity contribution in [2.24, 2.45) is 10.8 Å². The van der Waals surface area contributed by atoms with Crippen LogP contribution >= 0.6 is 0 Å². The van der Waals surface area contributed by atoms with Crippen LogP contribution in [-0.4, -0.2) is 11.7 Å². The number of urea groups is 1. The lowest BCUT2D eigenvalue weighted by molar-refractivity contribution is 0.249. The van der Waals surface area contributed by atoms with Gasteiger partial charge in [-0.3, -0.25) is 0 Å². The van der Waals surface area contributed by atoms with Crippen molar-refractivity contribution >= 4 is 11.7 Å². The van der Waals surface area contributed by atoms with Gasteiger partial charge in [-0.2, -0.15) is 5.10 Å². The van der Waals surface area contributed by atoms with Crippen molar-refractivity contribution in [1.29, 1.82) is 0 Å². The molecule has 0 aromatic heterocycles. The molecule has 1 aromatic rings. The van der Waals surface area contributed by atoms with E-state index in [1.54, 1.807) is 0 Å². The third-order valence-corrected chi connectivity index (χ3v) is 3.55. The first-order valence-electron chi connectivity index (χ1n) is 6.84. The first-order chi connectivity index (χ1) is 9.15. The number of carbonyl (C=O) groups excluding carboxylic acids is 1. The first-order valence-corrected chi connectivity index (χ1v) is 6.84. The molecule has 0 saturated carbocycles. The van der Waals surface area contributed by atoms with Gasteiger partial charge in [0.05, 0.1) is 0 Å². The van der Waals surface area contributed by atoms with Crippen LogP contribution in [0.2, 0.25) is 0 Å². The minimum absolute atomic E-state index is 0.617. The Morgan fingerprint density at radius 3 is 2.79 bits per heavy atom. The summed E-state index contributed by atoms with van der Waals surface area (Å²) in [5, 5.41) is 3.92. The normalized spacial score (nSPS) is 14.9. The highest BCUT2D eigenvalue weighted by atomic mass is 16.2. The largest absolute Gasteiger partial charge is 0.350 e. The highest BCUT2D eigenvalue weighted by molar-refractivity contribution is 5.83. The lowest BCUT2D eigenvalue weighted by Gasteiger charge is -2.16. The fourth-order valence-electron chi connectivity index (χ4n) is 2.47. The van der Waals surface area contributed by atoms with Gasteiger partial charge in [0.25, 0.3) is 0 Å². The zero-order valence-corrected chi connectivity index (χ0v) is 11.4. The van der Waals surface area contributed by atoms with Gasteiger partial charge >= 0.3 is 6.03 Å². The summed E-state index contributed by atoms with van der Waals surface area (Å²) in [6, 6.07) is 6.17. The maximum absolute atomic E-state index is 10.5. The predicted molar refractivity (Wildman–Crippen MR) is 77.2 cm³/mol. The second-order valence-corrected chi connectivity index (χ2v) is 5.13. The molecule has 0 unspecified atom stereocenters. The second kappa shape index (κ2) is 6.36. The molecule has 1 aromatic carbocycles. The average molecular weight is 259 g/mol. The summed E-state index contributed by atoms with van der Waals surface area (Å²) in [5.41, 5.74) is 12.5. The van der Waals surface area contributed by atoms with Gasteiger partial charge in [0.15, 0.2) is 0 Å². The highest BCUT2D eigenvalue weighted by Crippen LogP contribution is 2.22. The number of nitrogens with zero attached hydrogens (tertiary/aromatic N) is 1. The van der Waals surface area contributed by atoms with Crippen molar-refractivity contribution in [2.45, 2.75) is 45.4 Å². The number of hydrogen-bond donors (Lipinski definition) is 2. The number of aryl methyl sites for hydroxylation is 3. The molecule has 19 heavy (non-hydrogen) atoms. The van der Waals surface area contributed by atoms with E-state index in [1.165, 1.54) is 42.4 Å². The number of nitrogens with one attached hydrogen (secondary N) is 1. The number of nitrogens with two attached hydrogens (primary N) is 1. The van der Waals surface area contributed by atoms with Crippen molar-refractivity contribution < 1.29 is 4.79 Å². The minimum atomic E-state index is -0.617. The number of primary amides is 1. The molecule has 1 aliphatic carbocycles. The van der Waals surface area contributed by atoms with Gasteiger partial charge in [-0.25, -0.2) is 10.2 Å². The molecule has 4 heteroatoms. The van der Waals surface area contributed by atoms with E-state index in [0.717, 1.165) is 18.6 Å². The maximum Gasteiger partial charge on any atom is 0.332 e. The Morgan fingerprint density at radius 1 is 1.32 bits per heavy atom. The number of fused-ring (bicyclic) bond motifs is 1. The molecular weight excluding hydrogens is 238 g/mol. The summed E-state index contributed by atoms with van der Waals surface area (Å²) in [5.74, 6) is 0. The summed E-state index contributed by atoms with van der Waals surface area (Å²) in [7, 11) is 0. The summed E-state index contributed by atoms with van der Waals surface area (Å²) >= 11 is 0. The molecule has 0 atom stereocenters. The van der Waals surface area contributed by atoms with Crippen LogP contribution in [0, 0.1) is 0 Å². The molecule has 3 N–H and O–H groups in total. The van der Waals surface area contributed by atoms with Crippen LogP contribution in [-0.2, 0) is 19.3 Å². The Balaban J connectivity index is 1.92. The molecule has 1 aliphatic rings. The number of amides is 2. The van der Waals surface area contributed by atoms with Crippen molar-refractivity contribution in [3.8, 4) is 0 Å². The summed E-state index contributed by atoms with van der Waals surface area (Å²) in [6.45, 7) is 1.90. The van der Waals surface area contributed by atoms with Gasteiger partial charge in [-0.1, -0.05) is 18.2 Å². The fraction of sp³-hybridized carbons (Fsp3) is 0.467. The zero-order valence-electron chi connectivity index (χ0n) is 11.4. The third kappa shape index (κ3) is 4.09. The number of hydrogen-bond acceptors (Lipinski definition) is 2. The predicted octanol–water partition coefficient (Wildman–Crippen LogP) is 2.54. The molecule has 4 nitrogen and oxygen atoms in total. The van der Waals surface area contributed by atoms with E-state index >= 15 is 0 Å². The molecule has 0 bridgehead atoms. The molecule has 2 rings (SSSR count). The smallest absolute Gasteiger partial charge is 0.332 e. The van der Waals surface area contributed by atoms with Crippen LogP contribution in [0.1, 0.15) is 42.9 Å². The van der Waals surface area contributed by atoms with Crippen molar-refractivity contribution in [3.63, 3.8) is 0 Å². The molecule has 0 heterocycles. The van der Waals surface area contributed by atoms with Gasteiger partial charge in [-0.05, 0) is 62.1 Å². The van der Waals surface area contributed by atoms with E-state index in [-0.39, 0.29) is 0 Å². The quantitative estimate of drug-likeness (QED) is 0.633. The standard InChI is InChI=1S/C15H21N3O/c1-11(17-18-15(16)19)6-7-12-8-9-13-4-2-3-5-14(13)10-12/h8-10H,2-7H2,1H3,(H3,16,18,19)/b17-11-. The Hall–Kier alpha value is -1.84. The molecule has 0 saturated heterocycles. The topological polar surface area (TPSA) is 67.5 Å². The van der Waals surface area contributed by atoms with E-state index < -0.39 is 6.03 Å². The molecule has 0 aliphatic heterocycles. The third-order valence-electron chi connectivity index (χ3n) is 3.55. The van der Waals surface area contributed by atoms with Crippen molar-refractivity contribution in [3.05, 3.63) is 34.9 Å². The van der Waals surface area contributed by atoms with Gasteiger partial charge in [-0.15, -0.1) is 0 Å². The summed E-state index contributed by atoms with van der Waals surface area (Å²) < 4.78 is 0. The van der Waals surface area contributed by atoms with Gasteiger partial charge in [0.1, 0.15) is 0 Å². The van der Waals surface area contributed by atoms with Crippen LogP contribution in [0.3, 0.4) is 0 Å². The lowest BCUT2D eigenvalue weighted by Crippen LogP contribution is -2.25. The van der Waals surface area contributed by atoms with E-state index in [0.29, 0.717) is 0 Å². The monoisotopic (exact) mass is 259 g/mol. The van der Waals surface area contributed by atoms with E-state index in [2.05, 4.69) is 28.7 Å². The maximum atomic E-state index is 10.5. The van der Waals surface area contributed by atoms with Crippen molar-refractivity contribution in [1.82, 2.24) is 5.43 Å². The Kier molecular flexibility index (Phi) is 4.55. The Morgan fingerprint density at radius 2 is 2.05 bits per heavy atom. The number of benzene rings is 1. The highest BCUT2D eigenvalue weighted by Gasteiger charge is 2.09. The average Bonchev–Trinajstić information content (AvgIpc) is 2.42. The van der Waals surface area contributed by atoms with Crippen LogP contribution in [0.5, 0.6) is 0 Å². The number of rotatable bonds is 4. The minimum Gasteiger partial charge on any atom is -0.350 e. The number of hydrazone groups is 1. The lowest BCUT2D eigenvalue weighted by atomic mass is 9.89.